The normalized spacial score (nSPS) is 17.4. The van der Waals surface area contributed by atoms with E-state index in [0.717, 1.165) is 26.2 Å². The molecule has 0 aliphatic carbocycles. The molecule has 0 spiro atoms. The summed E-state index contributed by atoms with van der Waals surface area (Å²) in [5, 5.41) is 0. The second-order valence-electron chi connectivity index (χ2n) is 4.85. The Labute approximate surface area is 112 Å². The maximum atomic E-state index is 13.2. The SMILES string of the molecule is COc1ccc(F)cc1C(=O)CN1CCN(C)CC1. The summed E-state index contributed by atoms with van der Waals surface area (Å²) >= 11 is 0. The highest BCUT2D eigenvalue weighted by molar-refractivity contribution is 6.00. The van der Waals surface area contributed by atoms with Crippen molar-refractivity contribution in [3.05, 3.63) is 29.6 Å². The number of piperazine rings is 1. The molecule has 0 aromatic heterocycles. The number of ether oxygens (including phenoxy) is 1. The van der Waals surface area contributed by atoms with Gasteiger partial charge in [-0.25, -0.2) is 4.39 Å². The van der Waals surface area contributed by atoms with Crippen molar-refractivity contribution in [3.8, 4) is 5.75 Å². The molecule has 1 saturated heterocycles. The molecule has 1 aromatic carbocycles. The smallest absolute Gasteiger partial charge is 0.180 e. The van der Waals surface area contributed by atoms with Crippen molar-refractivity contribution in [1.29, 1.82) is 0 Å². The molecule has 0 amide bonds. The van der Waals surface area contributed by atoms with E-state index in [1.54, 1.807) is 0 Å². The predicted molar refractivity (Wildman–Crippen MR) is 71.2 cm³/mol. The highest BCUT2D eigenvalue weighted by Crippen LogP contribution is 2.20. The van der Waals surface area contributed by atoms with Crippen molar-refractivity contribution in [2.24, 2.45) is 0 Å². The Kier molecular flexibility index (Phi) is 4.50. The first kappa shape index (κ1) is 14.0. The number of benzene rings is 1. The zero-order valence-electron chi connectivity index (χ0n) is 11.4. The van der Waals surface area contributed by atoms with Gasteiger partial charge in [0.15, 0.2) is 5.78 Å². The zero-order valence-corrected chi connectivity index (χ0v) is 11.4. The van der Waals surface area contributed by atoms with E-state index in [9.17, 15) is 9.18 Å². The Morgan fingerprint density at radius 1 is 1.32 bits per heavy atom. The molecule has 5 heteroatoms. The molecule has 0 atom stereocenters. The van der Waals surface area contributed by atoms with Gasteiger partial charge in [-0.2, -0.15) is 0 Å². The molecule has 1 aliphatic rings. The van der Waals surface area contributed by atoms with Crippen LogP contribution in [0.15, 0.2) is 18.2 Å². The second kappa shape index (κ2) is 6.12. The molecule has 2 rings (SSSR count). The van der Waals surface area contributed by atoms with Gasteiger partial charge in [0.2, 0.25) is 0 Å². The van der Waals surface area contributed by atoms with Gasteiger partial charge >= 0.3 is 0 Å². The summed E-state index contributed by atoms with van der Waals surface area (Å²) in [6.07, 6.45) is 0. The van der Waals surface area contributed by atoms with E-state index in [1.807, 2.05) is 0 Å². The number of nitrogens with zero attached hydrogens (tertiary/aromatic N) is 2. The van der Waals surface area contributed by atoms with Crippen LogP contribution in [0.25, 0.3) is 0 Å². The topological polar surface area (TPSA) is 32.8 Å². The van der Waals surface area contributed by atoms with Crippen molar-refractivity contribution < 1.29 is 13.9 Å². The van der Waals surface area contributed by atoms with E-state index in [4.69, 9.17) is 4.74 Å². The first-order valence-corrected chi connectivity index (χ1v) is 6.38. The fraction of sp³-hybridized carbons (Fsp3) is 0.500. The second-order valence-corrected chi connectivity index (χ2v) is 4.85. The van der Waals surface area contributed by atoms with Gasteiger partial charge in [0, 0.05) is 26.2 Å². The molecule has 1 aromatic rings. The first-order valence-electron chi connectivity index (χ1n) is 6.38. The number of carbonyl (C=O) groups is 1. The molecule has 4 nitrogen and oxygen atoms in total. The minimum atomic E-state index is -0.414. The van der Waals surface area contributed by atoms with Crippen molar-refractivity contribution >= 4 is 5.78 Å². The number of carbonyl (C=O) groups excluding carboxylic acids is 1. The molecule has 19 heavy (non-hydrogen) atoms. The number of likely N-dealkylation sites (N-methyl/N-ethyl adjacent to an activating group) is 1. The third kappa shape index (κ3) is 3.52. The lowest BCUT2D eigenvalue weighted by atomic mass is 10.1. The van der Waals surface area contributed by atoms with Gasteiger partial charge in [-0.05, 0) is 25.2 Å². The van der Waals surface area contributed by atoms with Crippen molar-refractivity contribution in [3.63, 3.8) is 0 Å². The molecule has 0 radical (unpaired) electrons. The van der Waals surface area contributed by atoms with Gasteiger partial charge in [0.1, 0.15) is 11.6 Å². The van der Waals surface area contributed by atoms with E-state index in [0.29, 0.717) is 17.9 Å². The van der Waals surface area contributed by atoms with Crippen molar-refractivity contribution in [2.75, 3.05) is 46.9 Å². The van der Waals surface area contributed by atoms with Crippen LogP contribution < -0.4 is 4.74 Å². The van der Waals surface area contributed by atoms with Crippen LogP contribution in [-0.2, 0) is 0 Å². The number of ketones is 1. The summed E-state index contributed by atoms with van der Waals surface area (Å²) in [6, 6.07) is 4.04. The number of Topliss-reactive ketones (excluding diaryl/α,β-unsaturated/α-hetero) is 1. The van der Waals surface area contributed by atoms with Gasteiger partial charge in [0.25, 0.3) is 0 Å². The van der Waals surface area contributed by atoms with Gasteiger partial charge in [-0.3, -0.25) is 9.69 Å². The lowest BCUT2D eigenvalue weighted by Gasteiger charge is -2.31. The quantitative estimate of drug-likeness (QED) is 0.768. The van der Waals surface area contributed by atoms with Crippen molar-refractivity contribution in [2.45, 2.75) is 0 Å². The van der Waals surface area contributed by atoms with Crippen LogP contribution >= 0.6 is 0 Å². The first-order chi connectivity index (χ1) is 9.10. The largest absolute Gasteiger partial charge is 0.496 e. The molecule has 1 heterocycles. The van der Waals surface area contributed by atoms with Crippen LogP contribution in [0.2, 0.25) is 0 Å². The molecule has 0 N–H and O–H groups in total. The third-order valence-electron chi connectivity index (χ3n) is 3.43. The fourth-order valence-electron chi connectivity index (χ4n) is 2.19. The number of hydrogen-bond acceptors (Lipinski definition) is 4. The maximum Gasteiger partial charge on any atom is 0.180 e. The van der Waals surface area contributed by atoms with E-state index >= 15 is 0 Å². The zero-order chi connectivity index (χ0) is 13.8. The number of halogens is 1. The highest BCUT2D eigenvalue weighted by Gasteiger charge is 2.20. The summed E-state index contributed by atoms with van der Waals surface area (Å²) in [4.78, 5) is 16.5. The average Bonchev–Trinajstić information content (AvgIpc) is 2.41. The lowest BCUT2D eigenvalue weighted by Crippen LogP contribution is -2.46. The Bertz CT molecular complexity index is 457. The van der Waals surface area contributed by atoms with Gasteiger partial charge in [-0.1, -0.05) is 0 Å². The van der Waals surface area contributed by atoms with E-state index in [2.05, 4.69) is 16.8 Å². The molecule has 104 valence electrons. The minimum absolute atomic E-state index is 0.0964. The molecular formula is C14H19FN2O2. The van der Waals surface area contributed by atoms with Crippen LogP contribution in [0.3, 0.4) is 0 Å². The fourth-order valence-corrected chi connectivity index (χ4v) is 2.19. The van der Waals surface area contributed by atoms with Gasteiger partial charge < -0.3 is 9.64 Å². The van der Waals surface area contributed by atoms with E-state index in [-0.39, 0.29) is 5.78 Å². The summed E-state index contributed by atoms with van der Waals surface area (Å²) in [5.41, 5.74) is 0.321. The number of methoxy groups -OCH3 is 1. The third-order valence-corrected chi connectivity index (χ3v) is 3.43. The monoisotopic (exact) mass is 266 g/mol. The van der Waals surface area contributed by atoms with Gasteiger partial charge in [0.05, 0.1) is 19.2 Å². The Hall–Kier alpha value is -1.46. The van der Waals surface area contributed by atoms with Crippen LogP contribution in [-0.4, -0.2) is 62.5 Å². The van der Waals surface area contributed by atoms with Crippen LogP contribution in [0.4, 0.5) is 4.39 Å². The van der Waals surface area contributed by atoms with E-state index in [1.165, 1.54) is 25.3 Å². The summed E-state index contributed by atoms with van der Waals surface area (Å²) in [6.45, 7) is 3.94. The molecule has 0 unspecified atom stereocenters. The van der Waals surface area contributed by atoms with E-state index < -0.39 is 5.82 Å². The average molecular weight is 266 g/mol. The van der Waals surface area contributed by atoms with Gasteiger partial charge in [-0.15, -0.1) is 0 Å². The van der Waals surface area contributed by atoms with Crippen LogP contribution in [0.5, 0.6) is 5.75 Å². The Morgan fingerprint density at radius 3 is 2.63 bits per heavy atom. The summed E-state index contributed by atoms with van der Waals surface area (Å²) < 4.78 is 18.4. The van der Waals surface area contributed by atoms with Crippen LogP contribution in [0.1, 0.15) is 10.4 Å². The molecular weight excluding hydrogens is 247 g/mol. The standard InChI is InChI=1S/C14H19FN2O2/c1-16-5-7-17(8-6-16)10-13(18)12-9-11(15)3-4-14(12)19-2/h3-4,9H,5-8,10H2,1-2H3. The lowest BCUT2D eigenvalue weighted by molar-refractivity contribution is 0.0873. The van der Waals surface area contributed by atoms with Crippen molar-refractivity contribution in [1.82, 2.24) is 9.80 Å². The maximum absolute atomic E-state index is 13.2. The Morgan fingerprint density at radius 2 is 2.00 bits per heavy atom. The summed E-state index contributed by atoms with van der Waals surface area (Å²) in [7, 11) is 3.55. The minimum Gasteiger partial charge on any atom is -0.496 e. The molecule has 0 saturated carbocycles. The number of rotatable bonds is 4. The van der Waals surface area contributed by atoms with Crippen LogP contribution in [0, 0.1) is 5.82 Å². The highest BCUT2D eigenvalue weighted by atomic mass is 19.1. The molecule has 0 bridgehead atoms. The summed E-state index contributed by atoms with van der Waals surface area (Å²) in [5.74, 6) is -0.0797. The number of hydrogen-bond donors (Lipinski definition) is 0. The Balaban J connectivity index is 2.05. The predicted octanol–water partition coefficient (Wildman–Crippen LogP) is 1.26. The molecule has 1 aliphatic heterocycles. The molecule has 1 fully saturated rings.